The highest BCUT2D eigenvalue weighted by Crippen LogP contribution is 2.53. The Labute approximate surface area is 271 Å². The van der Waals surface area contributed by atoms with E-state index in [2.05, 4.69) is 10.3 Å². The highest BCUT2D eigenvalue weighted by atomic mass is 35.5. The molecule has 0 aliphatic carbocycles. The van der Waals surface area contributed by atoms with Gasteiger partial charge in [0.05, 0.1) is 16.5 Å². The first-order valence-electron chi connectivity index (χ1n) is 15.1. The topological polar surface area (TPSA) is 88.8 Å². The largest absolute Gasteiger partial charge is 0.361 e. The fourth-order valence-corrected chi connectivity index (χ4v) is 7.10. The quantitative estimate of drug-likeness (QED) is 0.250. The van der Waals surface area contributed by atoms with Crippen LogP contribution in [-0.2, 0) is 22.6 Å². The third-order valence-electron chi connectivity index (χ3n) is 8.90. The second-order valence-corrected chi connectivity index (χ2v) is 12.6. The normalized spacial score (nSPS) is 20.2. The lowest BCUT2D eigenvalue weighted by molar-refractivity contribution is -0.145. The van der Waals surface area contributed by atoms with Crippen LogP contribution in [0, 0.1) is 11.2 Å². The van der Waals surface area contributed by atoms with Gasteiger partial charge in [0.15, 0.2) is 0 Å². The minimum absolute atomic E-state index is 0.00285. The third-order valence-corrected chi connectivity index (χ3v) is 9.44. The molecule has 8 nitrogen and oxygen atoms in total. The number of hydrogen-bond acceptors (Lipinski definition) is 3. The van der Waals surface area contributed by atoms with Crippen LogP contribution in [0.15, 0.2) is 72.9 Å². The molecule has 4 aromatic rings. The van der Waals surface area contributed by atoms with Gasteiger partial charge in [0, 0.05) is 73.4 Å². The van der Waals surface area contributed by atoms with Crippen LogP contribution in [0.1, 0.15) is 36.1 Å². The maximum absolute atomic E-state index is 15.0. The molecule has 4 amide bonds. The van der Waals surface area contributed by atoms with Gasteiger partial charge in [-0.05, 0) is 48.7 Å². The van der Waals surface area contributed by atoms with Crippen molar-refractivity contribution in [2.24, 2.45) is 5.41 Å². The molecule has 0 spiro atoms. The number of carbonyl (C=O) groups excluding carboxylic acids is 3. The lowest BCUT2D eigenvalue weighted by Gasteiger charge is -2.43. The summed E-state index contributed by atoms with van der Waals surface area (Å²) in [5.74, 6) is -0.923. The molecule has 2 fully saturated rings. The molecule has 234 valence electrons. The first-order chi connectivity index (χ1) is 21.7. The summed E-state index contributed by atoms with van der Waals surface area (Å²) in [6, 6.07) is 18.9. The minimum atomic E-state index is -1.19. The molecule has 3 heterocycles. The van der Waals surface area contributed by atoms with Crippen molar-refractivity contribution in [1.29, 1.82) is 0 Å². The number of aromatic amines is 1. The van der Waals surface area contributed by atoms with Crippen LogP contribution in [0.3, 0.4) is 0 Å². The molecule has 2 saturated heterocycles. The summed E-state index contributed by atoms with van der Waals surface area (Å²) in [7, 11) is 0. The Balaban J connectivity index is 1.46. The van der Waals surface area contributed by atoms with Crippen LogP contribution in [0.5, 0.6) is 0 Å². The number of fused-ring (bicyclic) bond motifs is 1. The molecule has 2 aliphatic rings. The fourth-order valence-electron chi connectivity index (χ4n) is 6.82. The Kier molecular flexibility index (Phi) is 8.75. The van der Waals surface area contributed by atoms with Gasteiger partial charge in [0.2, 0.25) is 11.8 Å². The maximum Gasteiger partial charge on any atom is 0.317 e. The monoisotopic (exact) mass is 649 g/mol. The average Bonchev–Trinajstić information content (AvgIpc) is 3.56. The highest BCUT2D eigenvalue weighted by Gasteiger charge is 2.58. The minimum Gasteiger partial charge on any atom is -0.361 e. The number of urea groups is 1. The van der Waals surface area contributed by atoms with Crippen LogP contribution >= 0.6 is 23.2 Å². The molecular weight excluding hydrogens is 616 g/mol. The van der Waals surface area contributed by atoms with Crippen molar-refractivity contribution in [3.8, 4) is 0 Å². The number of piperazine rings is 1. The van der Waals surface area contributed by atoms with Crippen molar-refractivity contribution in [3.05, 3.63) is 105 Å². The molecule has 0 unspecified atom stereocenters. The number of nitrogens with one attached hydrogen (secondary N) is 2. The van der Waals surface area contributed by atoms with E-state index in [1.807, 2.05) is 55.6 Å². The van der Waals surface area contributed by atoms with Gasteiger partial charge < -0.3 is 25.0 Å². The molecule has 0 saturated carbocycles. The first-order valence-corrected chi connectivity index (χ1v) is 15.8. The van der Waals surface area contributed by atoms with Crippen molar-refractivity contribution in [2.45, 2.75) is 32.4 Å². The van der Waals surface area contributed by atoms with E-state index in [4.69, 9.17) is 23.2 Å². The number of aromatic nitrogens is 1. The molecule has 0 bridgehead atoms. The van der Waals surface area contributed by atoms with Crippen molar-refractivity contribution in [2.75, 3.05) is 32.7 Å². The maximum atomic E-state index is 15.0. The van der Waals surface area contributed by atoms with Crippen LogP contribution in [0.2, 0.25) is 10.0 Å². The number of carbonyl (C=O) groups is 3. The van der Waals surface area contributed by atoms with Gasteiger partial charge in [-0.2, -0.15) is 0 Å². The van der Waals surface area contributed by atoms with Crippen molar-refractivity contribution in [1.82, 2.24) is 25.0 Å². The van der Waals surface area contributed by atoms with Gasteiger partial charge in [-0.25, -0.2) is 9.18 Å². The summed E-state index contributed by atoms with van der Waals surface area (Å²) in [4.78, 5) is 50.2. The zero-order chi connectivity index (χ0) is 31.7. The number of hydrogen-bond donors (Lipinski definition) is 2. The van der Waals surface area contributed by atoms with Gasteiger partial charge >= 0.3 is 6.03 Å². The number of nitrogens with zero attached hydrogens (tertiary/aromatic N) is 3. The summed E-state index contributed by atoms with van der Waals surface area (Å²) in [5, 5.41) is 4.23. The van der Waals surface area contributed by atoms with E-state index < -0.39 is 17.3 Å². The van der Waals surface area contributed by atoms with Gasteiger partial charge in [0.1, 0.15) is 5.82 Å². The molecule has 2 atom stereocenters. The van der Waals surface area contributed by atoms with Gasteiger partial charge in [-0.15, -0.1) is 0 Å². The van der Waals surface area contributed by atoms with Crippen molar-refractivity contribution < 1.29 is 18.8 Å². The van der Waals surface area contributed by atoms with E-state index in [0.717, 1.165) is 22.0 Å². The zero-order valence-corrected chi connectivity index (χ0v) is 26.4. The Hall–Kier alpha value is -4.08. The van der Waals surface area contributed by atoms with Crippen LogP contribution < -0.4 is 5.32 Å². The number of rotatable bonds is 7. The summed E-state index contributed by atoms with van der Waals surface area (Å²) in [6.07, 6.45) is 2.13. The lowest BCUT2D eigenvalue weighted by atomic mass is 9.71. The van der Waals surface area contributed by atoms with Crippen molar-refractivity contribution >= 4 is 52.0 Å². The summed E-state index contributed by atoms with van der Waals surface area (Å²) < 4.78 is 14.6. The number of H-pyrrole nitrogens is 1. The number of benzene rings is 3. The Bertz CT molecular complexity index is 1740. The first kappa shape index (κ1) is 30.9. The van der Waals surface area contributed by atoms with E-state index in [-0.39, 0.29) is 35.8 Å². The Morgan fingerprint density at radius 2 is 1.71 bits per heavy atom. The second kappa shape index (κ2) is 12.7. The molecule has 3 aromatic carbocycles. The number of amides is 4. The standard InChI is InChI=1S/C34H34Cl2FN5O3/c1-2-38-33(45)41-14-12-40(13-15-41)32(44)34(18-22-6-4-3-5-7-22)19-30(43)42(21-23-8-11-27(36)28(37)16-23)31(34)26-20-39-29-17-24(35)9-10-25(26)29/h3-11,16-17,20,31,39H,2,12-15,18-19,21H2,1H3,(H,38,45)/t31-,34-/m1/s1. The van der Waals surface area contributed by atoms with Crippen LogP contribution in [0.25, 0.3) is 10.9 Å². The predicted molar refractivity (Wildman–Crippen MR) is 172 cm³/mol. The molecule has 45 heavy (non-hydrogen) atoms. The summed E-state index contributed by atoms with van der Waals surface area (Å²) in [5.41, 5.74) is 1.87. The third kappa shape index (κ3) is 5.99. The Morgan fingerprint density at radius 3 is 2.42 bits per heavy atom. The summed E-state index contributed by atoms with van der Waals surface area (Å²) >= 11 is 12.3. The zero-order valence-electron chi connectivity index (χ0n) is 24.9. The lowest BCUT2D eigenvalue weighted by Crippen LogP contribution is -2.57. The van der Waals surface area contributed by atoms with E-state index in [1.165, 1.54) is 12.1 Å². The van der Waals surface area contributed by atoms with E-state index >= 15 is 0 Å². The van der Waals surface area contributed by atoms with Crippen LogP contribution in [-0.4, -0.2) is 70.3 Å². The SMILES string of the molecule is CCNC(=O)N1CCN(C(=O)[C@]2(Cc3ccccc3)CC(=O)N(Cc3ccc(Cl)c(F)c3)[C@@H]2c2c[nH]c3cc(Cl)ccc23)CC1. The molecule has 2 aliphatic heterocycles. The molecule has 2 N–H and O–H groups in total. The molecule has 11 heteroatoms. The van der Waals surface area contributed by atoms with Crippen molar-refractivity contribution in [3.63, 3.8) is 0 Å². The number of likely N-dealkylation sites (tertiary alicyclic amines) is 1. The molecule has 6 rings (SSSR count). The van der Waals surface area contributed by atoms with E-state index in [9.17, 15) is 18.8 Å². The molecule has 1 aromatic heterocycles. The average molecular weight is 651 g/mol. The smallest absolute Gasteiger partial charge is 0.317 e. The predicted octanol–water partition coefficient (Wildman–Crippen LogP) is 6.19. The highest BCUT2D eigenvalue weighted by molar-refractivity contribution is 6.31. The van der Waals surface area contributed by atoms with Gasteiger partial charge in [-0.3, -0.25) is 9.59 Å². The van der Waals surface area contributed by atoms with Crippen LogP contribution in [0.4, 0.5) is 9.18 Å². The van der Waals surface area contributed by atoms with Gasteiger partial charge in [-0.1, -0.05) is 65.7 Å². The summed E-state index contributed by atoms with van der Waals surface area (Å²) in [6.45, 7) is 3.94. The van der Waals surface area contributed by atoms with E-state index in [0.29, 0.717) is 49.7 Å². The fraction of sp³-hybridized carbons (Fsp3) is 0.324. The second-order valence-electron chi connectivity index (χ2n) is 11.7. The van der Waals surface area contributed by atoms with Gasteiger partial charge in [0.25, 0.3) is 0 Å². The van der Waals surface area contributed by atoms with E-state index in [1.54, 1.807) is 26.8 Å². The Morgan fingerprint density at radius 1 is 0.978 bits per heavy atom. The molecule has 0 radical (unpaired) electrons. The number of halogens is 3. The molecular formula is C34H34Cl2FN5O3.